The number of hydrogen-bond acceptors (Lipinski definition) is 2. The normalized spacial score (nSPS) is 23.5. The van der Waals surface area contributed by atoms with E-state index in [4.69, 9.17) is 0 Å². The Balaban J connectivity index is 1.92. The minimum Gasteiger partial charge on any atom is -0.391 e. The van der Waals surface area contributed by atoms with E-state index in [-0.39, 0.29) is 11.9 Å². The summed E-state index contributed by atoms with van der Waals surface area (Å²) < 4.78 is 0. The molecule has 0 aliphatic heterocycles. The van der Waals surface area contributed by atoms with Crippen LogP contribution in [-0.4, -0.2) is 23.2 Å². The topological polar surface area (TPSA) is 49.3 Å². The Labute approximate surface area is 114 Å². The number of aryl methyl sites for hydroxylation is 1. The lowest BCUT2D eigenvalue weighted by molar-refractivity contribution is -0.118. The second kappa shape index (κ2) is 6.53. The van der Waals surface area contributed by atoms with Crippen molar-refractivity contribution in [3.63, 3.8) is 0 Å². The van der Waals surface area contributed by atoms with Gasteiger partial charge in [-0.1, -0.05) is 37.1 Å². The molecule has 3 heteroatoms. The number of carbonyl (C=O) groups is 1. The Morgan fingerprint density at radius 1 is 1.32 bits per heavy atom. The summed E-state index contributed by atoms with van der Waals surface area (Å²) in [6.45, 7) is 2.02. The number of rotatable bonds is 3. The molecule has 1 aromatic rings. The largest absolute Gasteiger partial charge is 0.391 e. The number of aliphatic hydroxyl groups is 1. The summed E-state index contributed by atoms with van der Waals surface area (Å²) in [5.74, 6) is -0.130. The van der Waals surface area contributed by atoms with E-state index in [1.165, 1.54) is 0 Å². The molecule has 2 unspecified atom stereocenters. The van der Waals surface area contributed by atoms with E-state index in [1.54, 1.807) is 6.08 Å². The molecule has 1 aliphatic rings. The standard InChI is InChI=1S/C16H21NO2/c1-12-6-2-3-7-13(12)10-11-16(19)17-14-8-4-5-9-15(14)18/h2-3,6-7,10-11,14-15,18H,4-5,8-9H2,1H3,(H,17,19)/b11-10+. The number of hydrogen-bond donors (Lipinski definition) is 2. The third-order valence-corrected chi connectivity index (χ3v) is 3.66. The van der Waals surface area contributed by atoms with Crippen molar-refractivity contribution in [2.24, 2.45) is 0 Å². The van der Waals surface area contributed by atoms with Crippen LogP contribution in [0.1, 0.15) is 36.8 Å². The minimum absolute atomic E-state index is 0.0947. The highest BCUT2D eigenvalue weighted by atomic mass is 16.3. The maximum atomic E-state index is 11.8. The van der Waals surface area contributed by atoms with Crippen LogP contribution in [0.25, 0.3) is 6.08 Å². The zero-order valence-electron chi connectivity index (χ0n) is 11.3. The fraction of sp³-hybridized carbons (Fsp3) is 0.438. The van der Waals surface area contributed by atoms with Crippen molar-refractivity contribution in [2.45, 2.75) is 44.8 Å². The Kier molecular flexibility index (Phi) is 4.74. The maximum Gasteiger partial charge on any atom is 0.244 e. The molecule has 3 nitrogen and oxygen atoms in total. The highest BCUT2D eigenvalue weighted by Crippen LogP contribution is 2.18. The van der Waals surface area contributed by atoms with Crippen LogP contribution in [0.4, 0.5) is 0 Å². The molecule has 19 heavy (non-hydrogen) atoms. The number of aliphatic hydroxyl groups excluding tert-OH is 1. The maximum absolute atomic E-state index is 11.8. The summed E-state index contributed by atoms with van der Waals surface area (Å²) in [5, 5.41) is 12.7. The molecule has 0 aromatic heterocycles. The molecule has 2 N–H and O–H groups in total. The van der Waals surface area contributed by atoms with E-state index >= 15 is 0 Å². The third-order valence-electron chi connectivity index (χ3n) is 3.66. The molecule has 0 spiro atoms. The van der Waals surface area contributed by atoms with Crippen LogP contribution in [0.5, 0.6) is 0 Å². The predicted octanol–water partition coefficient (Wildman–Crippen LogP) is 2.43. The third kappa shape index (κ3) is 3.93. The van der Waals surface area contributed by atoms with Crippen LogP contribution >= 0.6 is 0 Å². The van der Waals surface area contributed by atoms with E-state index in [0.29, 0.717) is 0 Å². The van der Waals surface area contributed by atoms with Crippen molar-refractivity contribution in [1.29, 1.82) is 0 Å². The quantitative estimate of drug-likeness (QED) is 0.819. The first kappa shape index (κ1) is 13.8. The first-order valence-electron chi connectivity index (χ1n) is 6.89. The Bertz CT molecular complexity index is 468. The van der Waals surface area contributed by atoms with E-state index in [2.05, 4.69) is 5.32 Å². The summed E-state index contributed by atoms with van der Waals surface area (Å²) in [6, 6.07) is 7.83. The van der Waals surface area contributed by atoms with E-state index in [9.17, 15) is 9.90 Å². The van der Waals surface area contributed by atoms with Crippen molar-refractivity contribution in [1.82, 2.24) is 5.32 Å². The van der Waals surface area contributed by atoms with Crippen molar-refractivity contribution in [2.75, 3.05) is 0 Å². The summed E-state index contributed by atoms with van der Waals surface area (Å²) in [4.78, 5) is 11.8. The summed E-state index contributed by atoms with van der Waals surface area (Å²) in [6.07, 6.45) is 6.74. The average Bonchev–Trinajstić information content (AvgIpc) is 2.40. The fourth-order valence-corrected chi connectivity index (χ4v) is 2.45. The fourth-order valence-electron chi connectivity index (χ4n) is 2.45. The van der Waals surface area contributed by atoms with Gasteiger partial charge in [0.2, 0.25) is 5.91 Å². The molecule has 1 aliphatic carbocycles. The van der Waals surface area contributed by atoms with Crippen molar-refractivity contribution >= 4 is 12.0 Å². The van der Waals surface area contributed by atoms with E-state index < -0.39 is 6.10 Å². The van der Waals surface area contributed by atoms with Gasteiger partial charge in [-0.25, -0.2) is 0 Å². The van der Waals surface area contributed by atoms with Gasteiger partial charge < -0.3 is 10.4 Å². The Hall–Kier alpha value is -1.61. The molecule has 2 atom stereocenters. The van der Waals surface area contributed by atoms with E-state index in [1.807, 2.05) is 37.3 Å². The van der Waals surface area contributed by atoms with Crippen LogP contribution in [0, 0.1) is 6.92 Å². The van der Waals surface area contributed by atoms with E-state index in [0.717, 1.165) is 36.8 Å². The van der Waals surface area contributed by atoms with Crippen LogP contribution in [0.2, 0.25) is 0 Å². The van der Waals surface area contributed by atoms with Gasteiger partial charge in [-0.2, -0.15) is 0 Å². The zero-order chi connectivity index (χ0) is 13.7. The first-order valence-corrected chi connectivity index (χ1v) is 6.89. The van der Waals surface area contributed by atoms with Gasteiger partial charge in [0.05, 0.1) is 12.1 Å². The second-order valence-electron chi connectivity index (χ2n) is 5.16. The van der Waals surface area contributed by atoms with Crippen molar-refractivity contribution in [3.8, 4) is 0 Å². The van der Waals surface area contributed by atoms with Crippen LogP contribution in [0.15, 0.2) is 30.3 Å². The molecule has 1 aromatic carbocycles. The van der Waals surface area contributed by atoms with Gasteiger partial charge in [0, 0.05) is 6.08 Å². The number of carbonyl (C=O) groups excluding carboxylic acids is 1. The van der Waals surface area contributed by atoms with Gasteiger partial charge in [0.1, 0.15) is 0 Å². The molecule has 1 fully saturated rings. The second-order valence-corrected chi connectivity index (χ2v) is 5.16. The van der Waals surface area contributed by atoms with Crippen LogP contribution in [0.3, 0.4) is 0 Å². The molecule has 102 valence electrons. The lowest BCUT2D eigenvalue weighted by Gasteiger charge is -2.27. The van der Waals surface area contributed by atoms with Crippen molar-refractivity contribution < 1.29 is 9.90 Å². The van der Waals surface area contributed by atoms with Gasteiger partial charge >= 0.3 is 0 Å². The highest BCUT2D eigenvalue weighted by Gasteiger charge is 2.23. The molecular weight excluding hydrogens is 238 g/mol. The molecular formula is C16H21NO2. The van der Waals surface area contributed by atoms with Gasteiger partial charge in [0.15, 0.2) is 0 Å². The zero-order valence-corrected chi connectivity index (χ0v) is 11.3. The summed E-state index contributed by atoms with van der Waals surface area (Å²) in [7, 11) is 0. The van der Waals surface area contributed by atoms with Gasteiger partial charge in [-0.05, 0) is 37.0 Å². The average molecular weight is 259 g/mol. The smallest absolute Gasteiger partial charge is 0.244 e. The Morgan fingerprint density at radius 3 is 2.79 bits per heavy atom. The predicted molar refractivity (Wildman–Crippen MR) is 76.6 cm³/mol. The highest BCUT2D eigenvalue weighted by molar-refractivity contribution is 5.92. The summed E-state index contributed by atoms with van der Waals surface area (Å²) >= 11 is 0. The van der Waals surface area contributed by atoms with Gasteiger partial charge in [0.25, 0.3) is 0 Å². The van der Waals surface area contributed by atoms with Crippen molar-refractivity contribution in [3.05, 3.63) is 41.5 Å². The number of benzene rings is 1. The SMILES string of the molecule is Cc1ccccc1/C=C/C(=O)NC1CCCCC1O. The number of nitrogens with one attached hydrogen (secondary N) is 1. The molecule has 2 rings (SSSR count). The molecule has 0 saturated heterocycles. The molecule has 0 bridgehead atoms. The molecule has 0 heterocycles. The minimum atomic E-state index is -0.399. The monoisotopic (exact) mass is 259 g/mol. The lowest BCUT2D eigenvalue weighted by atomic mass is 9.92. The molecule has 1 amide bonds. The molecule has 1 saturated carbocycles. The Morgan fingerprint density at radius 2 is 2.05 bits per heavy atom. The number of amides is 1. The summed E-state index contributed by atoms with van der Waals surface area (Å²) in [5.41, 5.74) is 2.19. The van der Waals surface area contributed by atoms with Crippen LogP contribution in [-0.2, 0) is 4.79 Å². The van der Waals surface area contributed by atoms with Crippen LogP contribution < -0.4 is 5.32 Å². The van der Waals surface area contributed by atoms with Gasteiger partial charge in [-0.3, -0.25) is 4.79 Å². The first-order chi connectivity index (χ1) is 9.16. The van der Waals surface area contributed by atoms with Gasteiger partial charge in [-0.15, -0.1) is 0 Å². The lowest BCUT2D eigenvalue weighted by Crippen LogP contribution is -2.44. The molecule has 0 radical (unpaired) electrons.